The van der Waals surface area contributed by atoms with Gasteiger partial charge in [-0.2, -0.15) is 0 Å². The second-order valence-electron chi connectivity index (χ2n) is 3.13. The van der Waals surface area contributed by atoms with Crippen molar-refractivity contribution in [2.75, 3.05) is 18.5 Å². The number of halogens is 2. The molecular formula is C8H12BrClO. The number of alkyl halides is 1. The van der Waals surface area contributed by atoms with E-state index in [4.69, 9.17) is 16.3 Å². The fourth-order valence-corrected chi connectivity index (χ4v) is 2.27. The summed E-state index contributed by atoms with van der Waals surface area (Å²) >= 11 is 9.24. The van der Waals surface area contributed by atoms with Crippen molar-refractivity contribution in [1.29, 1.82) is 0 Å². The summed E-state index contributed by atoms with van der Waals surface area (Å²) in [5, 5.41) is 1.68. The van der Waals surface area contributed by atoms with Crippen LogP contribution >= 0.6 is 27.5 Å². The molecule has 0 N–H and O–H groups in total. The van der Waals surface area contributed by atoms with Crippen LogP contribution < -0.4 is 0 Å². The predicted molar refractivity (Wildman–Crippen MR) is 51.3 cm³/mol. The highest BCUT2D eigenvalue weighted by Crippen LogP contribution is 2.37. The first-order chi connectivity index (χ1) is 5.18. The highest BCUT2D eigenvalue weighted by molar-refractivity contribution is 9.09. The van der Waals surface area contributed by atoms with Crippen LogP contribution in [0.1, 0.15) is 12.8 Å². The first-order valence-electron chi connectivity index (χ1n) is 3.65. The average Bonchev–Trinajstić information content (AvgIpc) is 2.36. The summed E-state index contributed by atoms with van der Waals surface area (Å²) in [6.07, 6.45) is 1.95. The van der Waals surface area contributed by atoms with Gasteiger partial charge in [0.15, 0.2) is 0 Å². The van der Waals surface area contributed by atoms with Crippen molar-refractivity contribution < 1.29 is 4.74 Å². The number of allylic oxidation sites excluding steroid dienone is 1. The molecule has 0 bridgehead atoms. The molecule has 1 nitrogen and oxygen atoms in total. The molecule has 1 aliphatic heterocycles. The van der Waals surface area contributed by atoms with Crippen molar-refractivity contribution in [1.82, 2.24) is 0 Å². The maximum Gasteiger partial charge on any atom is 0.0534 e. The van der Waals surface area contributed by atoms with E-state index in [1.54, 1.807) is 0 Å². The van der Waals surface area contributed by atoms with Crippen LogP contribution in [-0.4, -0.2) is 18.5 Å². The molecule has 0 saturated carbocycles. The summed E-state index contributed by atoms with van der Waals surface area (Å²) in [4.78, 5) is 0. The third-order valence-electron chi connectivity index (χ3n) is 2.04. The Morgan fingerprint density at radius 3 is 2.82 bits per heavy atom. The van der Waals surface area contributed by atoms with Crippen LogP contribution in [-0.2, 0) is 4.74 Å². The van der Waals surface area contributed by atoms with Crippen LogP contribution in [0, 0.1) is 5.41 Å². The Bertz CT molecular complexity index is 152. The lowest BCUT2D eigenvalue weighted by atomic mass is 9.86. The molecule has 1 unspecified atom stereocenters. The first kappa shape index (κ1) is 9.56. The Labute approximate surface area is 80.9 Å². The molecule has 0 radical (unpaired) electrons. The molecule has 3 heteroatoms. The van der Waals surface area contributed by atoms with Crippen LogP contribution in [0.25, 0.3) is 0 Å². The second-order valence-corrected chi connectivity index (χ2v) is 4.23. The molecule has 1 rings (SSSR count). The third kappa shape index (κ3) is 2.46. The van der Waals surface area contributed by atoms with E-state index >= 15 is 0 Å². The molecule has 0 aromatic carbocycles. The normalized spacial score (nSPS) is 30.7. The molecule has 0 spiro atoms. The van der Waals surface area contributed by atoms with Gasteiger partial charge in [-0.1, -0.05) is 34.1 Å². The van der Waals surface area contributed by atoms with Gasteiger partial charge >= 0.3 is 0 Å². The lowest BCUT2D eigenvalue weighted by Crippen LogP contribution is -2.22. The van der Waals surface area contributed by atoms with Crippen LogP contribution in [0.4, 0.5) is 0 Å². The molecule has 0 amide bonds. The summed E-state index contributed by atoms with van der Waals surface area (Å²) in [5.41, 5.74) is 0.221. The van der Waals surface area contributed by atoms with Crippen LogP contribution in [0.3, 0.4) is 0 Å². The lowest BCUT2D eigenvalue weighted by Gasteiger charge is -2.23. The smallest absolute Gasteiger partial charge is 0.0534 e. The van der Waals surface area contributed by atoms with Crippen molar-refractivity contribution in [3.63, 3.8) is 0 Å². The van der Waals surface area contributed by atoms with E-state index in [0.717, 1.165) is 36.4 Å². The van der Waals surface area contributed by atoms with Crippen LogP contribution in [0.5, 0.6) is 0 Å². The molecular weight excluding hydrogens is 227 g/mol. The summed E-state index contributed by atoms with van der Waals surface area (Å²) < 4.78 is 5.32. The zero-order chi connectivity index (χ0) is 8.32. The van der Waals surface area contributed by atoms with Gasteiger partial charge in [-0.3, -0.25) is 0 Å². The van der Waals surface area contributed by atoms with E-state index in [0.29, 0.717) is 0 Å². The van der Waals surface area contributed by atoms with E-state index in [9.17, 15) is 0 Å². The van der Waals surface area contributed by atoms with E-state index in [1.165, 1.54) is 0 Å². The molecule has 64 valence electrons. The average molecular weight is 240 g/mol. The maximum absolute atomic E-state index is 5.76. The summed E-state index contributed by atoms with van der Waals surface area (Å²) in [5.74, 6) is 0. The highest BCUT2D eigenvalue weighted by atomic mass is 79.9. The summed E-state index contributed by atoms with van der Waals surface area (Å²) in [6.45, 7) is 5.37. The number of hydrogen-bond donors (Lipinski definition) is 0. The molecule has 11 heavy (non-hydrogen) atoms. The van der Waals surface area contributed by atoms with E-state index in [1.807, 2.05) is 0 Å². The molecule has 1 aliphatic rings. The molecule has 0 aromatic heterocycles. The minimum absolute atomic E-state index is 0.221. The van der Waals surface area contributed by atoms with Gasteiger partial charge in [0.2, 0.25) is 0 Å². The molecule has 1 atom stereocenters. The third-order valence-corrected chi connectivity index (χ3v) is 3.36. The van der Waals surface area contributed by atoms with Gasteiger partial charge in [0.25, 0.3) is 0 Å². The Hall–Kier alpha value is 0.470. The topological polar surface area (TPSA) is 9.23 Å². The van der Waals surface area contributed by atoms with Crippen molar-refractivity contribution >= 4 is 27.5 Å². The van der Waals surface area contributed by atoms with Gasteiger partial charge < -0.3 is 4.74 Å². The molecule has 1 fully saturated rings. The zero-order valence-corrected chi connectivity index (χ0v) is 8.75. The van der Waals surface area contributed by atoms with Gasteiger partial charge in [0.05, 0.1) is 6.61 Å². The predicted octanol–water partition coefficient (Wildman–Crippen LogP) is 2.93. The van der Waals surface area contributed by atoms with Gasteiger partial charge in [-0.05, 0) is 12.8 Å². The summed E-state index contributed by atoms with van der Waals surface area (Å²) in [7, 11) is 0. The minimum Gasteiger partial charge on any atom is -0.381 e. The Balaban J connectivity index is 2.52. The summed E-state index contributed by atoms with van der Waals surface area (Å²) in [6, 6.07) is 0. The van der Waals surface area contributed by atoms with Gasteiger partial charge in [-0.25, -0.2) is 0 Å². The Morgan fingerprint density at radius 2 is 2.45 bits per heavy atom. The number of hydrogen-bond acceptors (Lipinski definition) is 1. The first-order valence-corrected chi connectivity index (χ1v) is 5.15. The quantitative estimate of drug-likeness (QED) is 0.688. The SMILES string of the molecule is C=C(Cl)CC1(CBr)CCOC1. The fraction of sp³-hybridized carbons (Fsp3) is 0.750. The van der Waals surface area contributed by atoms with E-state index < -0.39 is 0 Å². The van der Waals surface area contributed by atoms with Gasteiger partial charge in [0, 0.05) is 22.4 Å². The molecule has 1 saturated heterocycles. The fourth-order valence-electron chi connectivity index (χ4n) is 1.35. The molecule has 0 aromatic rings. The Morgan fingerprint density at radius 1 is 1.73 bits per heavy atom. The monoisotopic (exact) mass is 238 g/mol. The van der Waals surface area contributed by atoms with Crippen molar-refractivity contribution in [2.24, 2.45) is 5.41 Å². The molecule has 1 heterocycles. The lowest BCUT2D eigenvalue weighted by molar-refractivity contribution is 0.162. The molecule has 0 aliphatic carbocycles. The van der Waals surface area contributed by atoms with Crippen molar-refractivity contribution in [2.45, 2.75) is 12.8 Å². The van der Waals surface area contributed by atoms with Crippen molar-refractivity contribution in [3.8, 4) is 0 Å². The second kappa shape index (κ2) is 3.92. The highest BCUT2D eigenvalue weighted by Gasteiger charge is 2.33. The van der Waals surface area contributed by atoms with Gasteiger partial charge in [0.1, 0.15) is 0 Å². The van der Waals surface area contributed by atoms with Crippen molar-refractivity contribution in [3.05, 3.63) is 11.6 Å². The van der Waals surface area contributed by atoms with Gasteiger partial charge in [-0.15, -0.1) is 0 Å². The standard InChI is InChI=1S/C8H12BrClO/c1-7(10)4-8(5-9)2-3-11-6-8/h1-6H2. The van der Waals surface area contributed by atoms with E-state index in [2.05, 4.69) is 22.5 Å². The largest absolute Gasteiger partial charge is 0.381 e. The maximum atomic E-state index is 5.76. The zero-order valence-electron chi connectivity index (χ0n) is 6.41. The Kier molecular flexibility index (Phi) is 3.41. The number of ether oxygens (including phenoxy) is 1. The minimum atomic E-state index is 0.221. The van der Waals surface area contributed by atoms with Crippen LogP contribution in [0.15, 0.2) is 11.6 Å². The number of rotatable bonds is 3. The van der Waals surface area contributed by atoms with E-state index in [-0.39, 0.29) is 5.41 Å². The van der Waals surface area contributed by atoms with Crippen LogP contribution in [0.2, 0.25) is 0 Å².